The number of morpholine rings is 1. The van der Waals surface area contributed by atoms with Crippen LogP contribution in [0.25, 0.3) is 11.3 Å². The molecule has 2 saturated heterocycles. The molecule has 180 valence electrons. The molecule has 11 nitrogen and oxygen atoms in total. The average Bonchev–Trinajstić information content (AvgIpc) is 3.36. The number of nitrogens with one attached hydrogen (secondary N) is 2. The molecule has 2 aromatic heterocycles. The van der Waals surface area contributed by atoms with Crippen LogP contribution in [0.2, 0.25) is 0 Å². The minimum Gasteiger partial charge on any atom is -0.423 e. The number of anilines is 3. The number of piperazine rings is 1. The maximum atomic E-state index is 12.1. The number of amides is 1. The summed E-state index contributed by atoms with van der Waals surface area (Å²) in [7, 11) is 0. The van der Waals surface area contributed by atoms with Crippen LogP contribution in [0, 0.1) is 11.3 Å². The highest BCUT2D eigenvalue weighted by atomic mass is 16.5. The van der Waals surface area contributed by atoms with E-state index in [0.717, 1.165) is 36.4 Å². The second-order valence-corrected chi connectivity index (χ2v) is 8.48. The van der Waals surface area contributed by atoms with Crippen LogP contribution >= 0.6 is 0 Å². The molecular formula is C24H26N8O3. The minimum atomic E-state index is -0.357. The number of oxazole rings is 1. The lowest BCUT2D eigenvalue weighted by molar-refractivity contribution is -0.123. The second-order valence-electron chi connectivity index (χ2n) is 8.48. The van der Waals surface area contributed by atoms with Crippen molar-refractivity contribution in [1.29, 1.82) is 5.26 Å². The monoisotopic (exact) mass is 474 g/mol. The molecule has 0 radical (unpaired) electrons. The zero-order chi connectivity index (χ0) is 24.2. The van der Waals surface area contributed by atoms with Gasteiger partial charge in [-0.2, -0.15) is 5.26 Å². The maximum Gasteiger partial charge on any atom is 0.298 e. The van der Waals surface area contributed by atoms with Crippen molar-refractivity contribution in [3.05, 3.63) is 47.9 Å². The van der Waals surface area contributed by atoms with Gasteiger partial charge in [0.15, 0.2) is 5.76 Å². The average molecular weight is 475 g/mol. The molecule has 0 spiro atoms. The number of nitrogens with zero attached hydrogens (tertiary/aromatic N) is 6. The third-order valence-electron chi connectivity index (χ3n) is 6.05. The van der Waals surface area contributed by atoms with Gasteiger partial charge in [-0.3, -0.25) is 9.69 Å². The van der Waals surface area contributed by atoms with E-state index < -0.39 is 0 Å². The summed E-state index contributed by atoms with van der Waals surface area (Å²) in [6.45, 7) is 6.91. The molecular weight excluding hydrogens is 448 g/mol. The molecule has 2 aliphatic heterocycles. The van der Waals surface area contributed by atoms with Gasteiger partial charge >= 0.3 is 0 Å². The van der Waals surface area contributed by atoms with Crippen molar-refractivity contribution in [2.45, 2.75) is 19.5 Å². The van der Waals surface area contributed by atoms with Crippen LogP contribution < -0.4 is 15.5 Å². The van der Waals surface area contributed by atoms with Crippen LogP contribution in [0.1, 0.15) is 18.2 Å². The molecule has 5 rings (SSSR count). The van der Waals surface area contributed by atoms with Gasteiger partial charge in [-0.05, 0) is 36.8 Å². The highest BCUT2D eigenvalue weighted by Crippen LogP contribution is 2.30. The largest absolute Gasteiger partial charge is 0.423 e. The molecule has 2 aliphatic rings. The fourth-order valence-corrected chi connectivity index (χ4v) is 4.20. The van der Waals surface area contributed by atoms with Crippen LogP contribution in [-0.2, 0) is 16.1 Å². The third-order valence-corrected chi connectivity index (χ3v) is 6.05. The summed E-state index contributed by atoms with van der Waals surface area (Å²) in [5.74, 6) is 0.885. The fourth-order valence-electron chi connectivity index (χ4n) is 4.20. The first-order valence-corrected chi connectivity index (χ1v) is 11.5. The zero-order valence-electron chi connectivity index (χ0n) is 19.4. The Hall–Kier alpha value is -4.01. The Kier molecular flexibility index (Phi) is 6.56. The lowest BCUT2D eigenvalue weighted by Gasteiger charge is -2.31. The van der Waals surface area contributed by atoms with Crippen molar-refractivity contribution in [3.63, 3.8) is 0 Å². The molecule has 1 atom stereocenters. The quantitative estimate of drug-likeness (QED) is 0.546. The van der Waals surface area contributed by atoms with E-state index in [9.17, 15) is 4.79 Å². The molecule has 2 fully saturated rings. The molecule has 1 unspecified atom stereocenters. The number of carbonyl (C=O) groups is 1. The summed E-state index contributed by atoms with van der Waals surface area (Å²) >= 11 is 0. The first-order valence-electron chi connectivity index (χ1n) is 11.5. The van der Waals surface area contributed by atoms with Gasteiger partial charge in [0.25, 0.3) is 6.01 Å². The number of hydrogen-bond acceptors (Lipinski definition) is 10. The predicted molar refractivity (Wildman–Crippen MR) is 128 cm³/mol. The van der Waals surface area contributed by atoms with E-state index in [2.05, 4.69) is 36.6 Å². The number of nitriles is 1. The molecule has 11 heteroatoms. The Morgan fingerprint density at radius 1 is 1.23 bits per heavy atom. The highest BCUT2D eigenvalue weighted by Gasteiger charge is 2.29. The normalized spacial score (nSPS) is 18.7. The van der Waals surface area contributed by atoms with E-state index in [1.807, 2.05) is 30.0 Å². The summed E-state index contributed by atoms with van der Waals surface area (Å²) in [5, 5.41) is 15.2. The molecule has 0 aliphatic carbocycles. The highest BCUT2D eigenvalue weighted by molar-refractivity contribution is 5.85. The van der Waals surface area contributed by atoms with Gasteiger partial charge in [-0.15, -0.1) is 0 Å². The van der Waals surface area contributed by atoms with Crippen LogP contribution in [0.15, 0.2) is 41.1 Å². The summed E-state index contributed by atoms with van der Waals surface area (Å²) in [5.41, 5.74) is 2.96. The minimum absolute atomic E-state index is 0.0467. The van der Waals surface area contributed by atoms with Gasteiger partial charge in [0, 0.05) is 50.2 Å². The first kappa shape index (κ1) is 22.8. The molecule has 2 N–H and O–H groups in total. The van der Waals surface area contributed by atoms with Crippen molar-refractivity contribution in [2.75, 3.05) is 49.6 Å². The van der Waals surface area contributed by atoms with Gasteiger partial charge in [0.1, 0.15) is 17.8 Å². The van der Waals surface area contributed by atoms with Crippen molar-refractivity contribution >= 4 is 23.6 Å². The van der Waals surface area contributed by atoms with Gasteiger partial charge in [-0.1, -0.05) is 0 Å². The standard InChI is InChI=1S/C24H26N8O3/c1-16-22(33)26-4-5-32(16)24-28-14-21(35-24)18-10-17(15-31-6-8-34-9-7-31)11-20(12-18)30-23-27-3-2-19(13-25)29-23/h2-3,10-12,14,16H,4-9,15H2,1H3,(H,26,33)(H,27,29,30). The predicted octanol–water partition coefficient (Wildman–Crippen LogP) is 1.90. The number of ether oxygens (including phenoxy) is 1. The Morgan fingerprint density at radius 2 is 2.09 bits per heavy atom. The van der Waals surface area contributed by atoms with E-state index in [4.69, 9.17) is 14.4 Å². The number of benzene rings is 1. The lowest BCUT2D eigenvalue weighted by atomic mass is 10.1. The van der Waals surface area contributed by atoms with Gasteiger partial charge in [0.2, 0.25) is 11.9 Å². The van der Waals surface area contributed by atoms with Crippen LogP contribution in [0.5, 0.6) is 0 Å². The number of carbonyl (C=O) groups excluding carboxylic acids is 1. The first-order chi connectivity index (χ1) is 17.1. The Morgan fingerprint density at radius 3 is 2.91 bits per heavy atom. The van der Waals surface area contributed by atoms with Crippen molar-refractivity contribution < 1.29 is 13.9 Å². The third kappa shape index (κ3) is 5.24. The van der Waals surface area contributed by atoms with Gasteiger partial charge in [-0.25, -0.2) is 15.0 Å². The van der Waals surface area contributed by atoms with Gasteiger partial charge < -0.3 is 24.7 Å². The van der Waals surface area contributed by atoms with Crippen LogP contribution in [0.4, 0.5) is 17.7 Å². The number of aromatic nitrogens is 3. The van der Waals surface area contributed by atoms with Crippen LogP contribution in [-0.4, -0.2) is 71.2 Å². The van der Waals surface area contributed by atoms with E-state index in [-0.39, 0.29) is 17.6 Å². The van der Waals surface area contributed by atoms with E-state index >= 15 is 0 Å². The Bertz CT molecular complexity index is 1250. The summed E-state index contributed by atoms with van der Waals surface area (Å²) < 4.78 is 11.6. The summed E-state index contributed by atoms with van der Waals surface area (Å²) in [6, 6.07) is 9.69. The zero-order valence-corrected chi connectivity index (χ0v) is 19.4. The van der Waals surface area contributed by atoms with E-state index in [0.29, 0.717) is 44.0 Å². The fraction of sp³-hybridized carbons (Fsp3) is 0.375. The molecule has 1 amide bonds. The smallest absolute Gasteiger partial charge is 0.298 e. The lowest BCUT2D eigenvalue weighted by Crippen LogP contribution is -2.54. The van der Waals surface area contributed by atoms with E-state index in [1.165, 1.54) is 0 Å². The second kappa shape index (κ2) is 10.1. The maximum absolute atomic E-state index is 12.1. The summed E-state index contributed by atoms with van der Waals surface area (Å²) in [6.07, 6.45) is 3.23. The number of rotatable bonds is 6. The SMILES string of the molecule is CC1C(=O)NCCN1c1ncc(-c2cc(CN3CCOCC3)cc(Nc3nccc(C#N)n3)c2)o1. The summed E-state index contributed by atoms with van der Waals surface area (Å²) in [4.78, 5) is 29.2. The van der Waals surface area contributed by atoms with E-state index in [1.54, 1.807) is 18.5 Å². The topological polar surface area (TPSA) is 132 Å². The van der Waals surface area contributed by atoms with Gasteiger partial charge in [0.05, 0.1) is 19.4 Å². The molecule has 0 bridgehead atoms. The Labute approximate surface area is 202 Å². The molecule has 3 aromatic rings. The molecule has 35 heavy (non-hydrogen) atoms. The van der Waals surface area contributed by atoms with Crippen molar-refractivity contribution in [1.82, 2.24) is 25.2 Å². The van der Waals surface area contributed by atoms with Crippen molar-refractivity contribution in [3.8, 4) is 17.4 Å². The number of hydrogen-bond donors (Lipinski definition) is 2. The Balaban J connectivity index is 1.45. The molecule has 1 aromatic carbocycles. The van der Waals surface area contributed by atoms with Crippen molar-refractivity contribution in [2.24, 2.45) is 0 Å². The molecule has 0 saturated carbocycles. The van der Waals surface area contributed by atoms with Crippen LogP contribution in [0.3, 0.4) is 0 Å². The molecule has 4 heterocycles.